The highest BCUT2D eigenvalue weighted by Gasteiger charge is 2.65. The van der Waals surface area contributed by atoms with Gasteiger partial charge < -0.3 is 4.74 Å². The Labute approximate surface area is 142 Å². The van der Waals surface area contributed by atoms with Crippen LogP contribution in [0, 0.1) is 16.2 Å². The Kier molecular flexibility index (Phi) is 4.34. The topological polar surface area (TPSA) is 26.3 Å². The number of hydrogen-bond donors (Lipinski definition) is 0. The number of ether oxygens (including phenoxy) is 1. The molecule has 0 saturated heterocycles. The highest BCUT2D eigenvalue weighted by molar-refractivity contribution is 5.76. The quantitative estimate of drug-likeness (QED) is 0.593. The summed E-state index contributed by atoms with van der Waals surface area (Å²) >= 11 is 0. The SMILES string of the molecule is CCC(C)(C)C(=O)OC1(C)C2(CCCC2)CCCC12CCCC2. The van der Waals surface area contributed by atoms with Gasteiger partial charge in [0, 0.05) is 10.8 Å². The fourth-order valence-electron chi connectivity index (χ4n) is 6.05. The van der Waals surface area contributed by atoms with E-state index in [1.807, 2.05) is 13.8 Å². The summed E-state index contributed by atoms with van der Waals surface area (Å²) in [5.41, 5.74) is -0.0844. The average molecular weight is 321 g/mol. The van der Waals surface area contributed by atoms with Crippen LogP contribution in [0.3, 0.4) is 0 Å². The summed E-state index contributed by atoms with van der Waals surface area (Å²) in [4.78, 5) is 13.0. The first kappa shape index (κ1) is 17.3. The van der Waals surface area contributed by atoms with Crippen LogP contribution in [-0.4, -0.2) is 11.6 Å². The molecule has 0 aliphatic heterocycles. The molecule has 132 valence electrons. The smallest absolute Gasteiger partial charge is 0.312 e. The highest BCUT2D eigenvalue weighted by Crippen LogP contribution is 2.67. The van der Waals surface area contributed by atoms with Gasteiger partial charge in [-0.1, -0.05) is 39.0 Å². The van der Waals surface area contributed by atoms with E-state index in [1.54, 1.807) is 0 Å². The molecule has 0 heterocycles. The van der Waals surface area contributed by atoms with Crippen molar-refractivity contribution in [1.29, 1.82) is 0 Å². The van der Waals surface area contributed by atoms with Crippen molar-refractivity contribution in [2.24, 2.45) is 16.2 Å². The van der Waals surface area contributed by atoms with E-state index in [4.69, 9.17) is 4.74 Å². The van der Waals surface area contributed by atoms with Crippen LogP contribution >= 0.6 is 0 Å². The van der Waals surface area contributed by atoms with E-state index in [2.05, 4.69) is 13.8 Å². The van der Waals surface area contributed by atoms with Crippen molar-refractivity contribution >= 4 is 5.97 Å². The lowest BCUT2D eigenvalue weighted by Crippen LogP contribution is -2.61. The lowest BCUT2D eigenvalue weighted by Gasteiger charge is -2.60. The van der Waals surface area contributed by atoms with Crippen molar-refractivity contribution in [3.8, 4) is 0 Å². The Morgan fingerprint density at radius 1 is 0.870 bits per heavy atom. The molecule has 3 aliphatic rings. The van der Waals surface area contributed by atoms with E-state index in [-0.39, 0.29) is 27.8 Å². The molecule has 2 heteroatoms. The van der Waals surface area contributed by atoms with Crippen LogP contribution in [0.2, 0.25) is 0 Å². The third-order valence-electron chi connectivity index (χ3n) is 8.19. The molecule has 0 aromatic rings. The van der Waals surface area contributed by atoms with Gasteiger partial charge in [0.2, 0.25) is 0 Å². The van der Waals surface area contributed by atoms with Gasteiger partial charge in [0.25, 0.3) is 0 Å². The number of carbonyl (C=O) groups excluding carboxylic acids is 1. The maximum Gasteiger partial charge on any atom is 0.312 e. The second kappa shape index (κ2) is 5.77. The lowest BCUT2D eigenvalue weighted by atomic mass is 9.50. The summed E-state index contributed by atoms with van der Waals surface area (Å²) in [6, 6.07) is 0. The van der Waals surface area contributed by atoms with Gasteiger partial charge in [0.15, 0.2) is 0 Å². The summed E-state index contributed by atoms with van der Waals surface area (Å²) in [6.07, 6.45) is 15.1. The Morgan fingerprint density at radius 2 is 1.26 bits per heavy atom. The first-order valence-corrected chi connectivity index (χ1v) is 10.0. The van der Waals surface area contributed by atoms with Crippen LogP contribution in [0.5, 0.6) is 0 Å². The van der Waals surface area contributed by atoms with Gasteiger partial charge in [-0.25, -0.2) is 0 Å². The van der Waals surface area contributed by atoms with Gasteiger partial charge >= 0.3 is 5.97 Å². The molecule has 0 amide bonds. The Balaban J connectivity index is 1.98. The van der Waals surface area contributed by atoms with Crippen molar-refractivity contribution in [1.82, 2.24) is 0 Å². The molecule has 2 spiro atoms. The molecule has 0 radical (unpaired) electrons. The third-order valence-corrected chi connectivity index (χ3v) is 8.19. The van der Waals surface area contributed by atoms with Crippen LogP contribution in [0.1, 0.15) is 105 Å². The third kappa shape index (κ3) is 2.46. The second-order valence-corrected chi connectivity index (χ2v) is 9.49. The van der Waals surface area contributed by atoms with Crippen molar-refractivity contribution in [3.63, 3.8) is 0 Å². The normalized spacial score (nSPS) is 28.3. The maximum atomic E-state index is 13.0. The predicted molar refractivity (Wildman–Crippen MR) is 94.2 cm³/mol. The molecule has 0 N–H and O–H groups in total. The largest absolute Gasteiger partial charge is 0.458 e. The van der Waals surface area contributed by atoms with E-state index >= 15 is 0 Å². The fraction of sp³-hybridized carbons (Fsp3) is 0.952. The van der Waals surface area contributed by atoms with E-state index < -0.39 is 0 Å². The number of carbonyl (C=O) groups is 1. The minimum absolute atomic E-state index is 0.0435. The number of rotatable bonds is 3. The molecule has 3 aliphatic carbocycles. The van der Waals surface area contributed by atoms with E-state index in [0.717, 1.165) is 6.42 Å². The number of hydrogen-bond acceptors (Lipinski definition) is 2. The molecule has 3 rings (SSSR count). The van der Waals surface area contributed by atoms with Gasteiger partial charge in [-0.05, 0) is 65.7 Å². The predicted octanol–water partition coefficient (Wildman–Crippen LogP) is 6.03. The average Bonchev–Trinajstić information content (AvgIpc) is 3.17. The molecule has 0 aromatic heterocycles. The van der Waals surface area contributed by atoms with Gasteiger partial charge in [-0.3, -0.25) is 4.79 Å². The molecular weight excluding hydrogens is 284 g/mol. The summed E-state index contributed by atoms with van der Waals surface area (Å²) in [5, 5.41) is 0. The lowest BCUT2D eigenvalue weighted by molar-refractivity contribution is -0.228. The van der Waals surface area contributed by atoms with Gasteiger partial charge in [-0.15, -0.1) is 0 Å². The molecule has 0 aromatic carbocycles. The first-order valence-electron chi connectivity index (χ1n) is 10.0. The number of esters is 1. The highest BCUT2D eigenvalue weighted by atomic mass is 16.6. The van der Waals surface area contributed by atoms with Gasteiger partial charge in [0.1, 0.15) is 5.60 Å². The van der Waals surface area contributed by atoms with Crippen molar-refractivity contribution in [2.45, 2.75) is 110 Å². The van der Waals surface area contributed by atoms with Crippen LogP contribution in [-0.2, 0) is 9.53 Å². The maximum absolute atomic E-state index is 13.0. The van der Waals surface area contributed by atoms with Crippen LogP contribution in [0.25, 0.3) is 0 Å². The molecule has 0 atom stereocenters. The molecular formula is C21H36O2. The fourth-order valence-corrected chi connectivity index (χ4v) is 6.05. The monoisotopic (exact) mass is 320 g/mol. The minimum Gasteiger partial charge on any atom is -0.458 e. The second-order valence-electron chi connectivity index (χ2n) is 9.49. The summed E-state index contributed by atoms with van der Waals surface area (Å²) in [7, 11) is 0. The zero-order valence-corrected chi connectivity index (χ0v) is 15.8. The van der Waals surface area contributed by atoms with Crippen molar-refractivity contribution in [3.05, 3.63) is 0 Å². The first-order chi connectivity index (χ1) is 10.8. The Morgan fingerprint density at radius 3 is 1.65 bits per heavy atom. The summed E-state index contributed by atoms with van der Waals surface area (Å²) in [6.45, 7) is 8.53. The molecule has 3 fully saturated rings. The van der Waals surface area contributed by atoms with Crippen LogP contribution < -0.4 is 0 Å². The van der Waals surface area contributed by atoms with E-state index in [0.29, 0.717) is 0 Å². The Hall–Kier alpha value is -0.530. The van der Waals surface area contributed by atoms with Crippen molar-refractivity contribution in [2.75, 3.05) is 0 Å². The van der Waals surface area contributed by atoms with Crippen molar-refractivity contribution < 1.29 is 9.53 Å². The Bertz CT molecular complexity index is 426. The van der Waals surface area contributed by atoms with E-state index in [9.17, 15) is 4.79 Å². The molecule has 0 unspecified atom stereocenters. The van der Waals surface area contributed by atoms with Gasteiger partial charge in [0.05, 0.1) is 5.41 Å². The van der Waals surface area contributed by atoms with E-state index in [1.165, 1.54) is 70.6 Å². The zero-order valence-electron chi connectivity index (χ0n) is 15.8. The van der Waals surface area contributed by atoms with Crippen LogP contribution in [0.4, 0.5) is 0 Å². The van der Waals surface area contributed by atoms with Crippen LogP contribution in [0.15, 0.2) is 0 Å². The summed E-state index contributed by atoms with van der Waals surface area (Å²) in [5.74, 6) is 0.0435. The molecule has 23 heavy (non-hydrogen) atoms. The molecule has 2 nitrogen and oxygen atoms in total. The summed E-state index contributed by atoms with van der Waals surface area (Å²) < 4.78 is 6.57. The molecule has 0 bridgehead atoms. The zero-order chi connectivity index (χ0) is 16.8. The van der Waals surface area contributed by atoms with Gasteiger partial charge in [-0.2, -0.15) is 0 Å². The molecule has 3 saturated carbocycles. The minimum atomic E-state index is -0.361. The standard InChI is InChI=1S/C21H36O2/c1-5-18(2,3)17(22)23-19(4)20(11-6-7-12-20)15-10-16-21(19)13-8-9-14-21/h5-16H2,1-4H3.